The van der Waals surface area contributed by atoms with Gasteiger partial charge in [-0.1, -0.05) is 0 Å². The summed E-state index contributed by atoms with van der Waals surface area (Å²) < 4.78 is 4.73. The van der Waals surface area contributed by atoms with Gasteiger partial charge in [0.25, 0.3) is 0 Å². The summed E-state index contributed by atoms with van der Waals surface area (Å²) in [5, 5.41) is 2.90. The van der Waals surface area contributed by atoms with Gasteiger partial charge in [0.2, 0.25) is 0 Å². The zero-order valence-electron chi connectivity index (χ0n) is 7.54. The maximum absolute atomic E-state index is 10.9. The molecular weight excluding hydrogens is 170 g/mol. The first-order chi connectivity index (χ1) is 6.33. The first-order valence-corrected chi connectivity index (χ1v) is 4.17. The van der Waals surface area contributed by atoms with E-state index < -0.39 is 0 Å². The number of rotatable bonds is 5. The molecule has 13 heavy (non-hydrogen) atoms. The number of carbonyl (C=O) groups excluding carboxylic acids is 1. The molecule has 0 unspecified atom stereocenters. The van der Waals surface area contributed by atoms with Crippen molar-refractivity contribution in [2.45, 2.75) is 13.5 Å². The minimum Gasteiger partial charge on any atom is -0.465 e. The monoisotopic (exact) mass is 183 g/mol. The highest BCUT2D eigenvalue weighted by Gasteiger charge is 2.00. The maximum atomic E-state index is 10.9. The van der Waals surface area contributed by atoms with Crippen LogP contribution in [0.5, 0.6) is 0 Å². The molecule has 0 aliphatic heterocycles. The second-order valence-electron chi connectivity index (χ2n) is 2.44. The van der Waals surface area contributed by atoms with Crippen LogP contribution in [-0.2, 0) is 16.1 Å². The van der Waals surface area contributed by atoms with E-state index in [0.717, 1.165) is 5.82 Å². The number of nitrogens with zero attached hydrogens (tertiary/aromatic N) is 1. The van der Waals surface area contributed by atoms with Crippen molar-refractivity contribution in [2.24, 2.45) is 0 Å². The number of aromatic amines is 1. The van der Waals surface area contributed by atoms with Crippen LogP contribution in [0, 0.1) is 0 Å². The van der Waals surface area contributed by atoms with E-state index >= 15 is 0 Å². The molecule has 1 rings (SSSR count). The average Bonchev–Trinajstić information content (AvgIpc) is 2.57. The highest BCUT2D eigenvalue weighted by Crippen LogP contribution is 1.86. The Hall–Kier alpha value is -1.36. The van der Waals surface area contributed by atoms with Crippen molar-refractivity contribution in [1.82, 2.24) is 15.3 Å². The summed E-state index contributed by atoms with van der Waals surface area (Å²) >= 11 is 0. The maximum Gasteiger partial charge on any atom is 0.319 e. The Morgan fingerprint density at radius 3 is 3.23 bits per heavy atom. The number of ether oxygens (including phenoxy) is 1. The van der Waals surface area contributed by atoms with Gasteiger partial charge in [-0.3, -0.25) is 10.1 Å². The molecular formula is C8H13N3O2. The summed E-state index contributed by atoms with van der Waals surface area (Å²) in [5.74, 6) is 0.568. The van der Waals surface area contributed by atoms with E-state index in [-0.39, 0.29) is 12.5 Å². The highest BCUT2D eigenvalue weighted by atomic mass is 16.5. The van der Waals surface area contributed by atoms with Gasteiger partial charge in [-0.15, -0.1) is 0 Å². The Balaban J connectivity index is 2.11. The molecule has 0 radical (unpaired) electrons. The van der Waals surface area contributed by atoms with Crippen LogP contribution in [-0.4, -0.2) is 29.1 Å². The SMILES string of the molecule is CCOC(=O)CNCc1ncc[nH]1. The molecule has 0 atom stereocenters. The summed E-state index contributed by atoms with van der Waals surface area (Å²) in [6, 6.07) is 0. The topological polar surface area (TPSA) is 67.0 Å². The molecule has 0 aliphatic rings. The Labute approximate surface area is 76.5 Å². The summed E-state index contributed by atoms with van der Waals surface area (Å²) in [7, 11) is 0. The Morgan fingerprint density at radius 1 is 1.77 bits per heavy atom. The third-order valence-corrected chi connectivity index (χ3v) is 1.42. The second kappa shape index (κ2) is 5.31. The first kappa shape index (κ1) is 9.73. The number of carbonyl (C=O) groups is 1. The van der Waals surface area contributed by atoms with E-state index in [1.54, 1.807) is 19.3 Å². The molecule has 0 spiro atoms. The number of esters is 1. The average molecular weight is 183 g/mol. The van der Waals surface area contributed by atoms with Gasteiger partial charge in [-0.2, -0.15) is 0 Å². The molecule has 2 N–H and O–H groups in total. The van der Waals surface area contributed by atoms with Crippen molar-refractivity contribution < 1.29 is 9.53 Å². The Morgan fingerprint density at radius 2 is 2.62 bits per heavy atom. The van der Waals surface area contributed by atoms with Crippen molar-refractivity contribution in [3.8, 4) is 0 Å². The van der Waals surface area contributed by atoms with Gasteiger partial charge in [0.1, 0.15) is 5.82 Å². The van der Waals surface area contributed by atoms with Gasteiger partial charge in [0.15, 0.2) is 0 Å². The molecule has 5 nitrogen and oxygen atoms in total. The van der Waals surface area contributed by atoms with Crippen LogP contribution in [0.25, 0.3) is 0 Å². The standard InChI is InChI=1S/C8H13N3O2/c1-2-13-8(12)6-9-5-7-10-3-4-11-7/h3-4,9H,2,5-6H2,1H3,(H,10,11). The largest absolute Gasteiger partial charge is 0.465 e. The van der Waals surface area contributed by atoms with E-state index in [1.807, 2.05) is 0 Å². The third-order valence-electron chi connectivity index (χ3n) is 1.42. The van der Waals surface area contributed by atoms with Gasteiger partial charge < -0.3 is 9.72 Å². The molecule has 0 amide bonds. The van der Waals surface area contributed by atoms with E-state index in [0.29, 0.717) is 13.2 Å². The fourth-order valence-corrected chi connectivity index (χ4v) is 0.890. The van der Waals surface area contributed by atoms with Crippen molar-refractivity contribution >= 4 is 5.97 Å². The lowest BCUT2D eigenvalue weighted by Gasteiger charge is -2.01. The minimum absolute atomic E-state index is 0.217. The third kappa shape index (κ3) is 3.71. The van der Waals surface area contributed by atoms with Crippen LogP contribution < -0.4 is 5.32 Å². The molecule has 1 heterocycles. The molecule has 0 saturated carbocycles. The summed E-state index contributed by atoms with van der Waals surface area (Å²) in [6.07, 6.45) is 3.41. The molecule has 0 aliphatic carbocycles. The summed E-state index contributed by atoms with van der Waals surface area (Å²) in [5.41, 5.74) is 0. The van der Waals surface area contributed by atoms with Crippen LogP contribution in [0.4, 0.5) is 0 Å². The molecule has 0 aromatic carbocycles. The first-order valence-electron chi connectivity index (χ1n) is 4.17. The number of aromatic nitrogens is 2. The molecule has 1 aromatic rings. The lowest BCUT2D eigenvalue weighted by atomic mass is 10.5. The smallest absolute Gasteiger partial charge is 0.319 e. The molecule has 0 fully saturated rings. The zero-order chi connectivity index (χ0) is 9.52. The number of imidazole rings is 1. The molecule has 0 bridgehead atoms. The lowest BCUT2D eigenvalue weighted by molar-refractivity contribution is -0.142. The number of nitrogens with one attached hydrogen (secondary N) is 2. The van der Waals surface area contributed by atoms with Gasteiger partial charge >= 0.3 is 5.97 Å². The van der Waals surface area contributed by atoms with Gasteiger partial charge in [-0.25, -0.2) is 4.98 Å². The Bertz CT molecular complexity index is 246. The Kier molecular flexibility index (Phi) is 3.98. The fourth-order valence-electron chi connectivity index (χ4n) is 0.890. The van der Waals surface area contributed by atoms with Gasteiger partial charge in [0, 0.05) is 12.4 Å². The number of hydrogen-bond donors (Lipinski definition) is 2. The van der Waals surface area contributed by atoms with Gasteiger partial charge in [0.05, 0.1) is 19.7 Å². The van der Waals surface area contributed by atoms with Crippen LogP contribution in [0.1, 0.15) is 12.7 Å². The molecule has 72 valence electrons. The van der Waals surface area contributed by atoms with Crippen molar-refractivity contribution in [1.29, 1.82) is 0 Å². The number of hydrogen-bond acceptors (Lipinski definition) is 4. The minimum atomic E-state index is -0.242. The van der Waals surface area contributed by atoms with E-state index in [9.17, 15) is 4.79 Å². The van der Waals surface area contributed by atoms with Crippen molar-refractivity contribution in [2.75, 3.05) is 13.2 Å². The van der Waals surface area contributed by atoms with Gasteiger partial charge in [-0.05, 0) is 6.92 Å². The second-order valence-corrected chi connectivity index (χ2v) is 2.44. The normalized spacial score (nSPS) is 9.92. The van der Waals surface area contributed by atoms with Crippen LogP contribution >= 0.6 is 0 Å². The van der Waals surface area contributed by atoms with Crippen LogP contribution in [0.3, 0.4) is 0 Å². The van der Waals surface area contributed by atoms with Crippen molar-refractivity contribution in [3.63, 3.8) is 0 Å². The van der Waals surface area contributed by atoms with Crippen molar-refractivity contribution in [3.05, 3.63) is 18.2 Å². The molecule has 0 saturated heterocycles. The molecule has 5 heteroatoms. The van der Waals surface area contributed by atoms with E-state index in [2.05, 4.69) is 15.3 Å². The zero-order valence-corrected chi connectivity index (χ0v) is 7.54. The highest BCUT2D eigenvalue weighted by molar-refractivity contribution is 5.71. The fraction of sp³-hybridized carbons (Fsp3) is 0.500. The summed E-state index contributed by atoms with van der Waals surface area (Å²) in [6.45, 7) is 2.96. The van der Waals surface area contributed by atoms with Crippen LogP contribution in [0.15, 0.2) is 12.4 Å². The predicted octanol–water partition coefficient (Wildman–Crippen LogP) is 0.0624. The lowest BCUT2D eigenvalue weighted by Crippen LogP contribution is -2.24. The predicted molar refractivity (Wildman–Crippen MR) is 46.9 cm³/mol. The number of H-pyrrole nitrogens is 1. The van der Waals surface area contributed by atoms with E-state index in [1.165, 1.54) is 0 Å². The van der Waals surface area contributed by atoms with E-state index in [4.69, 9.17) is 4.74 Å². The van der Waals surface area contributed by atoms with Crippen LogP contribution in [0.2, 0.25) is 0 Å². The molecule has 1 aromatic heterocycles. The summed E-state index contributed by atoms with van der Waals surface area (Å²) in [4.78, 5) is 17.8. The quantitative estimate of drug-likeness (QED) is 0.633.